The second-order valence-corrected chi connectivity index (χ2v) is 6.26. The lowest BCUT2D eigenvalue weighted by molar-refractivity contribution is -0.150. The number of amides is 1. The van der Waals surface area contributed by atoms with E-state index < -0.39 is 0 Å². The number of piperidine rings is 1. The summed E-state index contributed by atoms with van der Waals surface area (Å²) in [5, 5.41) is 3.35. The second-order valence-electron chi connectivity index (χ2n) is 6.26. The lowest BCUT2D eigenvalue weighted by atomic mass is 9.78. The lowest BCUT2D eigenvalue weighted by Crippen LogP contribution is -2.58. The molecule has 1 amide bonds. The standard InChI is InChI=1S/C15H29N3O2/c1-4-13-11-18(10-9-17(13)2)14(19)15(12-20-3)5-7-16-8-6-15/h13,16H,4-12H2,1-3H3. The summed E-state index contributed by atoms with van der Waals surface area (Å²) < 4.78 is 5.39. The number of nitrogens with zero attached hydrogens (tertiary/aromatic N) is 2. The normalized spacial score (nSPS) is 27.6. The average Bonchev–Trinajstić information content (AvgIpc) is 2.48. The van der Waals surface area contributed by atoms with E-state index >= 15 is 0 Å². The molecule has 2 saturated heterocycles. The number of nitrogens with one attached hydrogen (secondary N) is 1. The van der Waals surface area contributed by atoms with Crippen LogP contribution in [-0.2, 0) is 9.53 Å². The summed E-state index contributed by atoms with van der Waals surface area (Å²) in [6.07, 6.45) is 2.88. The van der Waals surface area contributed by atoms with Crippen LogP contribution in [0.2, 0.25) is 0 Å². The minimum atomic E-state index is -0.297. The van der Waals surface area contributed by atoms with Crippen molar-refractivity contribution in [3.05, 3.63) is 0 Å². The third-order valence-electron chi connectivity index (χ3n) is 4.97. The van der Waals surface area contributed by atoms with E-state index in [1.807, 2.05) is 0 Å². The molecule has 0 spiro atoms. The summed E-state index contributed by atoms with van der Waals surface area (Å²) in [7, 11) is 3.86. The molecule has 2 aliphatic heterocycles. The zero-order valence-electron chi connectivity index (χ0n) is 13.2. The van der Waals surface area contributed by atoms with Crippen molar-refractivity contribution in [2.24, 2.45) is 5.41 Å². The highest BCUT2D eigenvalue weighted by molar-refractivity contribution is 5.83. The van der Waals surface area contributed by atoms with E-state index in [0.29, 0.717) is 18.6 Å². The molecule has 116 valence electrons. The maximum atomic E-state index is 13.0. The number of methoxy groups -OCH3 is 1. The Bertz CT molecular complexity index is 324. The molecule has 5 nitrogen and oxygen atoms in total. The number of carbonyl (C=O) groups is 1. The third kappa shape index (κ3) is 3.15. The van der Waals surface area contributed by atoms with E-state index in [2.05, 4.69) is 29.1 Å². The highest BCUT2D eigenvalue weighted by Gasteiger charge is 2.43. The van der Waals surface area contributed by atoms with Gasteiger partial charge in [0, 0.05) is 32.8 Å². The average molecular weight is 283 g/mol. The van der Waals surface area contributed by atoms with E-state index in [4.69, 9.17) is 4.74 Å². The molecule has 2 fully saturated rings. The van der Waals surface area contributed by atoms with Crippen LogP contribution in [0.3, 0.4) is 0 Å². The molecule has 0 aromatic rings. The van der Waals surface area contributed by atoms with Gasteiger partial charge < -0.3 is 15.0 Å². The van der Waals surface area contributed by atoms with Gasteiger partial charge in [0.05, 0.1) is 12.0 Å². The van der Waals surface area contributed by atoms with Crippen molar-refractivity contribution < 1.29 is 9.53 Å². The predicted octanol–water partition coefficient (Wildman–Crippen LogP) is 0.555. The van der Waals surface area contributed by atoms with Crippen LogP contribution in [0.15, 0.2) is 0 Å². The number of hydrogen-bond acceptors (Lipinski definition) is 4. The SMILES string of the molecule is CCC1CN(C(=O)C2(COC)CCNCC2)CCN1C. The van der Waals surface area contributed by atoms with E-state index in [1.54, 1.807) is 7.11 Å². The monoisotopic (exact) mass is 283 g/mol. The second kappa shape index (κ2) is 6.87. The van der Waals surface area contributed by atoms with Gasteiger partial charge >= 0.3 is 0 Å². The Labute approximate surface area is 122 Å². The van der Waals surface area contributed by atoms with Gasteiger partial charge in [-0.15, -0.1) is 0 Å². The summed E-state index contributed by atoms with van der Waals surface area (Å²) in [6.45, 7) is 7.28. The van der Waals surface area contributed by atoms with E-state index in [0.717, 1.165) is 52.0 Å². The van der Waals surface area contributed by atoms with Crippen LogP contribution in [0.4, 0.5) is 0 Å². The molecule has 1 N–H and O–H groups in total. The maximum Gasteiger partial charge on any atom is 0.231 e. The van der Waals surface area contributed by atoms with Gasteiger partial charge in [-0.3, -0.25) is 9.69 Å². The van der Waals surface area contributed by atoms with Crippen LogP contribution in [-0.4, -0.2) is 75.2 Å². The molecule has 1 atom stereocenters. The zero-order valence-corrected chi connectivity index (χ0v) is 13.2. The Morgan fingerprint density at radius 1 is 1.35 bits per heavy atom. The first-order valence-corrected chi connectivity index (χ1v) is 7.82. The first-order valence-electron chi connectivity index (χ1n) is 7.82. The summed E-state index contributed by atoms with van der Waals surface area (Å²) in [5.74, 6) is 0.312. The molecule has 0 bridgehead atoms. The summed E-state index contributed by atoms with van der Waals surface area (Å²) in [4.78, 5) is 17.5. The van der Waals surface area contributed by atoms with Crippen LogP contribution in [0.1, 0.15) is 26.2 Å². The van der Waals surface area contributed by atoms with Gasteiger partial charge in [-0.25, -0.2) is 0 Å². The third-order valence-corrected chi connectivity index (χ3v) is 4.97. The first-order chi connectivity index (χ1) is 9.63. The highest BCUT2D eigenvalue weighted by Crippen LogP contribution is 2.32. The molecule has 0 aromatic carbocycles. The molecule has 20 heavy (non-hydrogen) atoms. The number of carbonyl (C=O) groups excluding carboxylic acids is 1. The van der Waals surface area contributed by atoms with Gasteiger partial charge in [0.25, 0.3) is 0 Å². The van der Waals surface area contributed by atoms with Crippen LogP contribution in [0.5, 0.6) is 0 Å². The van der Waals surface area contributed by atoms with Crippen molar-refractivity contribution in [1.29, 1.82) is 0 Å². The minimum Gasteiger partial charge on any atom is -0.384 e. The first kappa shape index (κ1) is 15.7. The fourth-order valence-electron chi connectivity index (χ4n) is 3.51. The molecule has 2 heterocycles. The zero-order chi connectivity index (χ0) is 14.6. The smallest absolute Gasteiger partial charge is 0.231 e. The van der Waals surface area contributed by atoms with Crippen LogP contribution < -0.4 is 5.32 Å². The number of rotatable bonds is 4. The Morgan fingerprint density at radius 3 is 2.65 bits per heavy atom. The Kier molecular flexibility index (Phi) is 5.41. The van der Waals surface area contributed by atoms with Gasteiger partial charge in [-0.05, 0) is 39.4 Å². The summed E-state index contributed by atoms with van der Waals surface area (Å²) in [6, 6.07) is 0.494. The number of hydrogen-bond donors (Lipinski definition) is 1. The summed E-state index contributed by atoms with van der Waals surface area (Å²) in [5.41, 5.74) is -0.297. The van der Waals surface area contributed by atoms with Gasteiger partial charge in [0.2, 0.25) is 5.91 Å². The van der Waals surface area contributed by atoms with Crippen LogP contribution in [0.25, 0.3) is 0 Å². The largest absolute Gasteiger partial charge is 0.384 e. The molecule has 0 radical (unpaired) electrons. The van der Waals surface area contributed by atoms with Gasteiger partial charge in [-0.1, -0.05) is 6.92 Å². The maximum absolute atomic E-state index is 13.0. The highest BCUT2D eigenvalue weighted by atomic mass is 16.5. The fourth-order valence-corrected chi connectivity index (χ4v) is 3.51. The van der Waals surface area contributed by atoms with Crippen molar-refractivity contribution in [3.8, 4) is 0 Å². The fraction of sp³-hybridized carbons (Fsp3) is 0.933. The van der Waals surface area contributed by atoms with Crippen LogP contribution >= 0.6 is 0 Å². The Balaban J connectivity index is 2.07. The quantitative estimate of drug-likeness (QED) is 0.819. The molecule has 5 heteroatoms. The summed E-state index contributed by atoms with van der Waals surface area (Å²) >= 11 is 0. The van der Waals surface area contributed by atoms with Crippen molar-refractivity contribution in [2.45, 2.75) is 32.2 Å². The molecule has 0 saturated carbocycles. The number of ether oxygens (including phenoxy) is 1. The molecular weight excluding hydrogens is 254 g/mol. The molecule has 2 aliphatic rings. The topological polar surface area (TPSA) is 44.8 Å². The van der Waals surface area contributed by atoms with Crippen molar-refractivity contribution >= 4 is 5.91 Å². The van der Waals surface area contributed by atoms with E-state index in [1.165, 1.54) is 0 Å². The molecule has 1 unspecified atom stereocenters. The Hall–Kier alpha value is -0.650. The predicted molar refractivity (Wildman–Crippen MR) is 79.7 cm³/mol. The molecule has 0 aliphatic carbocycles. The van der Waals surface area contributed by atoms with Gasteiger partial charge in [0.1, 0.15) is 0 Å². The lowest BCUT2D eigenvalue weighted by Gasteiger charge is -2.44. The van der Waals surface area contributed by atoms with Crippen molar-refractivity contribution in [3.63, 3.8) is 0 Å². The number of likely N-dealkylation sites (N-methyl/N-ethyl adjacent to an activating group) is 1. The van der Waals surface area contributed by atoms with Crippen LogP contribution in [0, 0.1) is 5.41 Å². The minimum absolute atomic E-state index is 0.297. The van der Waals surface area contributed by atoms with Crippen molar-refractivity contribution in [1.82, 2.24) is 15.1 Å². The number of piperazine rings is 1. The molecule has 0 aromatic heterocycles. The van der Waals surface area contributed by atoms with Crippen molar-refractivity contribution in [2.75, 3.05) is 53.5 Å². The molecule has 2 rings (SSSR count). The van der Waals surface area contributed by atoms with E-state index in [9.17, 15) is 4.79 Å². The van der Waals surface area contributed by atoms with Gasteiger partial charge in [0.15, 0.2) is 0 Å². The van der Waals surface area contributed by atoms with E-state index in [-0.39, 0.29) is 5.41 Å². The molecular formula is C15H29N3O2. The van der Waals surface area contributed by atoms with Gasteiger partial charge in [-0.2, -0.15) is 0 Å². The Morgan fingerprint density at radius 2 is 2.05 bits per heavy atom.